The summed E-state index contributed by atoms with van der Waals surface area (Å²) in [5, 5.41) is 0. The van der Waals surface area contributed by atoms with Crippen LogP contribution in [-0.4, -0.2) is 21.5 Å². The summed E-state index contributed by atoms with van der Waals surface area (Å²) in [5.74, 6) is 0.415. The molecule has 2 aromatic carbocycles. The molecule has 0 bridgehead atoms. The maximum atomic E-state index is 13.6. The highest BCUT2D eigenvalue weighted by Crippen LogP contribution is 2.36. The third kappa shape index (κ3) is 2.49. The van der Waals surface area contributed by atoms with Crippen molar-refractivity contribution in [2.75, 3.05) is 7.05 Å². The summed E-state index contributed by atoms with van der Waals surface area (Å²) < 4.78 is 28.2. The molecule has 0 saturated heterocycles. The predicted octanol–water partition coefficient (Wildman–Crippen LogP) is 4.55. The van der Waals surface area contributed by atoms with Gasteiger partial charge in [0, 0.05) is 6.04 Å². The lowest BCUT2D eigenvalue weighted by molar-refractivity contribution is 0.0678. The molecule has 5 heteroatoms. The van der Waals surface area contributed by atoms with Gasteiger partial charge in [0.15, 0.2) is 0 Å². The fourth-order valence-electron chi connectivity index (χ4n) is 3.75. The van der Waals surface area contributed by atoms with E-state index in [1.807, 2.05) is 19.2 Å². The molecule has 0 saturated carbocycles. The van der Waals surface area contributed by atoms with Gasteiger partial charge in [0.05, 0.1) is 17.6 Å². The average Bonchev–Trinajstić information content (AvgIpc) is 3.15. The zero-order valence-corrected chi connectivity index (χ0v) is 13.5. The van der Waals surface area contributed by atoms with Crippen LogP contribution in [0.3, 0.4) is 0 Å². The molecule has 1 aliphatic carbocycles. The molecule has 3 nitrogen and oxygen atoms in total. The number of hydrogen-bond donors (Lipinski definition) is 0. The lowest BCUT2D eigenvalue weighted by Crippen LogP contribution is -2.24. The summed E-state index contributed by atoms with van der Waals surface area (Å²) in [6, 6.07) is 15.7. The van der Waals surface area contributed by atoms with Gasteiger partial charge in [-0.2, -0.15) is 8.78 Å². The van der Waals surface area contributed by atoms with Crippen molar-refractivity contribution in [2.24, 2.45) is 0 Å². The standard InChI is InChI=1S/C19H19F2N3/c1-23(16-11-10-13-6-2-3-7-14(13)16)12-18-22-15-8-4-5-9-17(15)24(18)19(20)21/h2-9,16,19H,10-12H2,1H3. The summed E-state index contributed by atoms with van der Waals surface area (Å²) in [7, 11) is 1.99. The Bertz CT molecular complexity index is 872. The van der Waals surface area contributed by atoms with Crippen LogP contribution in [0.25, 0.3) is 11.0 Å². The van der Waals surface area contributed by atoms with Gasteiger partial charge in [-0.05, 0) is 43.1 Å². The van der Waals surface area contributed by atoms with Crippen molar-refractivity contribution in [3.63, 3.8) is 0 Å². The van der Waals surface area contributed by atoms with Gasteiger partial charge in [0.2, 0.25) is 0 Å². The Hall–Kier alpha value is -2.27. The Labute approximate surface area is 139 Å². The normalized spacial score (nSPS) is 17.1. The van der Waals surface area contributed by atoms with E-state index >= 15 is 0 Å². The molecular weight excluding hydrogens is 308 g/mol. The number of aromatic nitrogens is 2. The van der Waals surface area contributed by atoms with Crippen LogP contribution in [0.2, 0.25) is 0 Å². The highest BCUT2D eigenvalue weighted by atomic mass is 19.3. The number of fused-ring (bicyclic) bond motifs is 2. The second-order valence-electron chi connectivity index (χ2n) is 6.33. The minimum atomic E-state index is -2.59. The fourth-order valence-corrected chi connectivity index (χ4v) is 3.75. The SMILES string of the molecule is CN(Cc1nc2ccccc2n1C(F)F)C1CCc2ccccc21. The number of rotatable bonds is 4. The second kappa shape index (κ2) is 5.98. The molecule has 1 heterocycles. The molecular formula is C19H19F2N3. The largest absolute Gasteiger partial charge is 0.320 e. The van der Waals surface area contributed by atoms with E-state index in [2.05, 4.69) is 28.1 Å². The van der Waals surface area contributed by atoms with Crippen LogP contribution in [0.15, 0.2) is 48.5 Å². The van der Waals surface area contributed by atoms with Crippen molar-refractivity contribution in [1.82, 2.24) is 14.5 Å². The van der Waals surface area contributed by atoms with Gasteiger partial charge in [-0.25, -0.2) is 4.98 Å². The van der Waals surface area contributed by atoms with Crippen LogP contribution in [0.5, 0.6) is 0 Å². The van der Waals surface area contributed by atoms with Crippen LogP contribution < -0.4 is 0 Å². The number of alkyl halides is 2. The molecule has 0 amide bonds. The van der Waals surface area contributed by atoms with Crippen molar-refractivity contribution >= 4 is 11.0 Å². The van der Waals surface area contributed by atoms with Gasteiger partial charge >= 0.3 is 6.55 Å². The molecule has 0 spiro atoms. The topological polar surface area (TPSA) is 21.1 Å². The molecule has 4 rings (SSSR count). The Morgan fingerprint density at radius 2 is 1.92 bits per heavy atom. The molecule has 0 aliphatic heterocycles. The van der Waals surface area contributed by atoms with E-state index in [-0.39, 0.29) is 6.04 Å². The molecule has 1 atom stereocenters. The predicted molar refractivity (Wildman–Crippen MR) is 90.0 cm³/mol. The second-order valence-corrected chi connectivity index (χ2v) is 6.33. The van der Waals surface area contributed by atoms with Gasteiger partial charge in [-0.15, -0.1) is 0 Å². The van der Waals surface area contributed by atoms with Crippen molar-refractivity contribution in [2.45, 2.75) is 32.0 Å². The molecule has 0 fully saturated rings. The number of halogens is 2. The lowest BCUT2D eigenvalue weighted by Gasteiger charge is -2.25. The van der Waals surface area contributed by atoms with Crippen LogP contribution in [0.4, 0.5) is 8.78 Å². The number of nitrogens with zero attached hydrogens (tertiary/aromatic N) is 3. The van der Waals surface area contributed by atoms with Crippen molar-refractivity contribution in [3.05, 3.63) is 65.5 Å². The van der Waals surface area contributed by atoms with E-state index in [0.29, 0.717) is 23.4 Å². The summed E-state index contributed by atoms with van der Waals surface area (Å²) >= 11 is 0. The third-order valence-corrected chi connectivity index (χ3v) is 4.89. The number of aryl methyl sites for hydroxylation is 1. The maximum absolute atomic E-state index is 13.6. The van der Waals surface area contributed by atoms with Gasteiger partial charge in [-0.3, -0.25) is 9.47 Å². The van der Waals surface area contributed by atoms with E-state index < -0.39 is 6.55 Å². The van der Waals surface area contributed by atoms with Crippen LogP contribution in [0, 0.1) is 0 Å². The van der Waals surface area contributed by atoms with E-state index in [0.717, 1.165) is 17.4 Å². The molecule has 24 heavy (non-hydrogen) atoms. The zero-order valence-electron chi connectivity index (χ0n) is 13.5. The third-order valence-electron chi connectivity index (χ3n) is 4.89. The van der Waals surface area contributed by atoms with Gasteiger partial charge < -0.3 is 0 Å². The molecule has 124 valence electrons. The maximum Gasteiger partial charge on any atom is 0.320 e. The Kier molecular flexibility index (Phi) is 3.81. The molecule has 1 unspecified atom stereocenters. The zero-order chi connectivity index (χ0) is 16.7. The van der Waals surface area contributed by atoms with E-state index in [1.54, 1.807) is 18.2 Å². The summed E-state index contributed by atoms with van der Waals surface area (Å²) in [6.45, 7) is -2.19. The Morgan fingerprint density at radius 3 is 2.75 bits per heavy atom. The van der Waals surface area contributed by atoms with Crippen LogP contribution in [-0.2, 0) is 13.0 Å². The first-order chi connectivity index (χ1) is 11.6. The van der Waals surface area contributed by atoms with Gasteiger partial charge in [0.1, 0.15) is 5.82 Å². The van der Waals surface area contributed by atoms with Crippen LogP contribution in [0.1, 0.15) is 36.0 Å². The summed E-state index contributed by atoms with van der Waals surface area (Å²) in [5.41, 5.74) is 3.77. The minimum absolute atomic E-state index is 0.257. The first-order valence-electron chi connectivity index (χ1n) is 8.17. The smallest absolute Gasteiger partial charge is 0.292 e. The summed E-state index contributed by atoms with van der Waals surface area (Å²) in [4.78, 5) is 6.57. The minimum Gasteiger partial charge on any atom is -0.292 e. The Morgan fingerprint density at radius 1 is 1.17 bits per heavy atom. The quantitative estimate of drug-likeness (QED) is 0.701. The van der Waals surface area contributed by atoms with Crippen molar-refractivity contribution in [1.29, 1.82) is 0 Å². The number of imidazole rings is 1. The molecule has 1 aliphatic rings. The van der Waals surface area contributed by atoms with Gasteiger partial charge in [-0.1, -0.05) is 36.4 Å². The fraction of sp³-hybridized carbons (Fsp3) is 0.316. The number of para-hydroxylation sites is 2. The molecule has 0 radical (unpaired) electrons. The molecule has 0 N–H and O–H groups in total. The van der Waals surface area contributed by atoms with Crippen molar-refractivity contribution in [3.8, 4) is 0 Å². The Balaban J connectivity index is 1.66. The van der Waals surface area contributed by atoms with E-state index in [4.69, 9.17) is 0 Å². The van der Waals surface area contributed by atoms with Crippen LogP contribution >= 0.6 is 0 Å². The van der Waals surface area contributed by atoms with E-state index in [1.165, 1.54) is 11.1 Å². The number of hydrogen-bond acceptors (Lipinski definition) is 2. The average molecular weight is 327 g/mol. The van der Waals surface area contributed by atoms with E-state index in [9.17, 15) is 8.78 Å². The first-order valence-corrected chi connectivity index (χ1v) is 8.17. The van der Waals surface area contributed by atoms with Gasteiger partial charge in [0.25, 0.3) is 0 Å². The first kappa shape index (κ1) is 15.3. The summed E-state index contributed by atoms with van der Waals surface area (Å²) in [6.07, 6.45) is 2.06. The number of benzene rings is 2. The molecule has 1 aromatic heterocycles. The highest BCUT2D eigenvalue weighted by Gasteiger charge is 2.27. The lowest BCUT2D eigenvalue weighted by atomic mass is 10.1. The molecule has 3 aromatic rings. The van der Waals surface area contributed by atoms with Crippen molar-refractivity contribution < 1.29 is 8.78 Å². The highest BCUT2D eigenvalue weighted by molar-refractivity contribution is 5.75. The monoisotopic (exact) mass is 327 g/mol.